The van der Waals surface area contributed by atoms with Crippen molar-refractivity contribution in [3.8, 4) is 0 Å². The Labute approximate surface area is 95.4 Å². The molecule has 1 aromatic carbocycles. The van der Waals surface area contributed by atoms with Crippen molar-refractivity contribution in [3.05, 3.63) is 34.9 Å². The highest BCUT2D eigenvalue weighted by molar-refractivity contribution is 6.30. The molecule has 0 radical (unpaired) electrons. The van der Waals surface area contributed by atoms with Crippen molar-refractivity contribution in [2.24, 2.45) is 5.92 Å². The van der Waals surface area contributed by atoms with E-state index in [1.807, 2.05) is 24.3 Å². The van der Waals surface area contributed by atoms with Gasteiger partial charge in [-0.1, -0.05) is 30.2 Å². The van der Waals surface area contributed by atoms with Crippen molar-refractivity contribution in [1.29, 1.82) is 0 Å². The molecule has 1 nitrogen and oxygen atoms in total. The van der Waals surface area contributed by atoms with E-state index in [0.29, 0.717) is 5.78 Å². The summed E-state index contributed by atoms with van der Waals surface area (Å²) in [6.07, 6.45) is 5.00. The molecule has 0 aliphatic heterocycles. The molecule has 1 aliphatic carbocycles. The van der Waals surface area contributed by atoms with E-state index in [9.17, 15) is 4.79 Å². The third-order valence-corrected chi connectivity index (χ3v) is 3.33. The highest BCUT2D eigenvalue weighted by Gasteiger charge is 2.21. The van der Waals surface area contributed by atoms with Crippen LogP contribution in [-0.4, -0.2) is 5.78 Å². The number of carbonyl (C=O) groups is 1. The molecule has 0 aromatic heterocycles. The second-order valence-electron chi connectivity index (χ2n) is 4.24. The van der Waals surface area contributed by atoms with Gasteiger partial charge in [0, 0.05) is 17.4 Å². The zero-order valence-corrected chi connectivity index (χ0v) is 9.46. The summed E-state index contributed by atoms with van der Waals surface area (Å²) < 4.78 is 0. The van der Waals surface area contributed by atoms with Crippen LogP contribution in [0.2, 0.25) is 5.02 Å². The van der Waals surface area contributed by atoms with Gasteiger partial charge in [-0.05, 0) is 37.0 Å². The van der Waals surface area contributed by atoms with Gasteiger partial charge in [-0.15, -0.1) is 0 Å². The molecule has 1 aliphatic rings. The molecule has 0 bridgehead atoms. The molecule has 2 heteroatoms. The minimum atomic E-state index is 0.250. The number of rotatable bonds is 2. The summed E-state index contributed by atoms with van der Waals surface area (Å²) in [6, 6.07) is 7.82. The van der Waals surface area contributed by atoms with Crippen molar-refractivity contribution in [2.75, 3.05) is 0 Å². The molecule has 2 rings (SSSR count). The Morgan fingerprint density at radius 1 is 1.20 bits per heavy atom. The number of halogens is 1. The van der Waals surface area contributed by atoms with Gasteiger partial charge in [0.1, 0.15) is 5.78 Å². The van der Waals surface area contributed by atoms with Crippen molar-refractivity contribution in [3.63, 3.8) is 0 Å². The van der Waals surface area contributed by atoms with E-state index in [0.717, 1.165) is 30.7 Å². The zero-order chi connectivity index (χ0) is 10.7. The molecule has 80 valence electrons. The van der Waals surface area contributed by atoms with Gasteiger partial charge in [0.05, 0.1) is 0 Å². The molecule has 0 amide bonds. The van der Waals surface area contributed by atoms with E-state index in [2.05, 4.69) is 0 Å². The van der Waals surface area contributed by atoms with Crippen molar-refractivity contribution >= 4 is 17.4 Å². The first-order chi connectivity index (χ1) is 7.25. The highest BCUT2D eigenvalue weighted by Crippen LogP contribution is 2.24. The lowest BCUT2D eigenvalue weighted by molar-refractivity contribution is -0.124. The van der Waals surface area contributed by atoms with Gasteiger partial charge in [0.2, 0.25) is 0 Å². The third-order valence-electron chi connectivity index (χ3n) is 3.08. The predicted octanol–water partition coefficient (Wildman–Crippen LogP) is 3.64. The van der Waals surface area contributed by atoms with E-state index < -0.39 is 0 Å². The second-order valence-corrected chi connectivity index (χ2v) is 4.68. The first-order valence-corrected chi connectivity index (χ1v) is 5.90. The number of ketones is 1. The van der Waals surface area contributed by atoms with Crippen LogP contribution >= 0.6 is 11.6 Å². The summed E-state index contributed by atoms with van der Waals surface area (Å²) in [4.78, 5) is 11.6. The fourth-order valence-electron chi connectivity index (χ4n) is 2.18. The summed E-state index contributed by atoms with van der Waals surface area (Å²) >= 11 is 5.82. The monoisotopic (exact) mass is 222 g/mol. The van der Waals surface area contributed by atoms with Gasteiger partial charge in [-0.3, -0.25) is 4.79 Å². The second kappa shape index (κ2) is 4.80. The molecule has 0 unspecified atom stereocenters. The Morgan fingerprint density at radius 2 is 1.93 bits per heavy atom. The van der Waals surface area contributed by atoms with Crippen LogP contribution in [0.5, 0.6) is 0 Å². The predicted molar refractivity (Wildman–Crippen MR) is 62.1 cm³/mol. The minimum Gasteiger partial charge on any atom is -0.299 e. The van der Waals surface area contributed by atoms with E-state index in [-0.39, 0.29) is 5.92 Å². The lowest BCUT2D eigenvalue weighted by Gasteiger charge is -2.20. The molecular formula is C13H15ClO. The summed E-state index contributed by atoms with van der Waals surface area (Å²) in [5, 5.41) is 0.758. The number of hydrogen-bond donors (Lipinski definition) is 0. The normalized spacial score (nSPS) is 21.7. The highest BCUT2D eigenvalue weighted by atomic mass is 35.5. The van der Waals surface area contributed by atoms with E-state index >= 15 is 0 Å². The largest absolute Gasteiger partial charge is 0.299 e. The van der Waals surface area contributed by atoms with Gasteiger partial charge in [-0.25, -0.2) is 0 Å². The molecule has 0 N–H and O–H groups in total. The Morgan fingerprint density at radius 3 is 2.60 bits per heavy atom. The zero-order valence-electron chi connectivity index (χ0n) is 8.71. The lowest BCUT2D eigenvalue weighted by atomic mass is 9.84. The van der Waals surface area contributed by atoms with Crippen LogP contribution in [0.15, 0.2) is 24.3 Å². The van der Waals surface area contributed by atoms with Gasteiger partial charge < -0.3 is 0 Å². The fraction of sp³-hybridized carbons (Fsp3) is 0.462. The summed E-state index contributed by atoms with van der Waals surface area (Å²) in [5.41, 5.74) is 1.22. The average Bonchev–Trinajstić information content (AvgIpc) is 2.25. The summed E-state index contributed by atoms with van der Waals surface area (Å²) in [7, 11) is 0. The SMILES string of the molecule is O=C1CCCC[C@H]1Cc1ccc(Cl)cc1. The Kier molecular flexibility index (Phi) is 3.42. The number of Topliss-reactive ketones (excluding diaryl/α,β-unsaturated/α-hetero) is 1. The van der Waals surface area contributed by atoms with Crippen molar-refractivity contribution < 1.29 is 4.79 Å². The van der Waals surface area contributed by atoms with Crippen LogP contribution in [0.1, 0.15) is 31.2 Å². The van der Waals surface area contributed by atoms with E-state index in [1.165, 1.54) is 12.0 Å². The minimum absolute atomic E-state index is 0.250. The molecule has 1 saturated carbocycles. The molecule has 0 spiro atoms. The third kappa shape index (κ3) is 2.82. The van der Waals surface area contributed by atoms with Gasteiger partial charge in [0.15, 0.2) is 0 Å². The maximum atomic E-state index is 11.6. The standard InChI is InChI=1S/C13H15ClO/c14-12-7-5-10(6-8-12)9-11-3-1-2-4-13(11)15/h5-8,11H,1-4,9H2/t11-/m0/s1. The van der Waals surface area contributed by atoms with Crippen LogP contribution < -0.4 is 0 Å². The van der Waals surface area contributed by atoms with Crippen LogP contribution in [-0.2, 0) is 11.2 Å². The molecule has 1 fully saturated rings. The van der Waals surface area contributed by atoms with Gasteiger partial charge >= 0.3 is 0 Å². The Balaban J connectivity index is 2.01. The maximum Gasteiger partial charge on any atom is 0.136 e. The van der Waals surface area contributed by atoms with Crippen molar-refractivity contribution in [1.82, 2.24) is 0 Å². The molecule has 1 atom stereocenters. The van der Waals surface area contributed by atoms with Gasteiger partial charge in [-0.2, -0.15) is 0 Å². The topological polar surface area (TPSA) is 17.1 Å². The van der Waals surface area contributed by atoms with Crippen LogP contribution in [0.25, 0.3) is 0 Å². The average molecular weight is 223 g/mol. The fourth-order valence-corrected chi connectivity index (χ4v) is 2.30. The van der Waals surface area contributed by atoms with Gasteiger partial charge in [0.25, 0.3) is 0 Å². The molecule has 1 aromatic rings. The molecular weight excluding hydrogens is 208 g/mol. The summed E-state index contributed by atoms with van der Waals surface area (Å²) in [5.74, 6) is 0.691. The Bertz CT molecular complexity index is 342. The molecule has 0 saturated heterocycles. The smallest absolute Gasteiger partial charge is 0.136 e. The number of hydrogen-bond acceptors (Lipinski definition) is 1. The first kappa shape index (κ1) is 10.7. The van der Waals surface area contributed by atoms with Crippen LogP contribution in [0.3, 0.4) is 0 Å². The quantitative estimate of drug-likeness (QED) is 0.747. The number of carbonyl (C=O) groups excluding carboxylic acids is 1. The van der Waals surface area contributed by atoms with Crippen molar-refractivity contribution in [2.45, 2.75) is 32.1 Å². The Hall–Kier alpha value is -0.820. The van der Waals surface area contributed by atoms with E-state index in [4.69, 9.17) is 11.6 Å². The van der Waals surface area contributed by atoms with Crippen LogP contribution in [0.4, 0.5) is 0 Å². The molecule has 15 heavy (non-hydrogen) atoms. The molecule has 0 heterocycles. The number of benzene rings is 1. The maximum absolute atomic E-state index is 11.6. The lowest BCUT2D eigenvalue weighted by Crippen LogP contribution is -2.20. The summed E-state index contributed by atoms with van der Waals surface area (Å²) in [6.45, 7) is 0. The van der Waals surface area contributed by atoms with E-state index in [1.54, 1.807) is 0 Å². The first-order valence-electron chi connectivity index (χ1n) is 5.53. The van der Waals surface area contributed by atoms with Crippen LogP contribution in [0, 0.1) is 5.92 Å².